The number of hydrazone groups is 1. The third-order valence-corrected chi connectivity index (χ3v) is 5.19. The highest BCUT2D eigenvalue weighted by Gasteiger charge is 2.63. The standard InChI is InChI=1S/C19H23F3N2O4/c1-27-15-9-5-6-10-16(15)28-12-17(25)24-18(26,19(20,21)22)11-14(23-24)13-7-3-2-4-8-13/h5-6,9-10,13,26H,2-4,7-8,11-12H2,1H3/t18-/m0/s1. The number of ether oxygens (including phenoxy) is 2. The molecule has 0 saturated heterocycles. The van der Waals surface area contributed by atoms with Crippen molar-refractivity contribution in [2.75, 3.05) is 13.7 Å². The van der Waals surface area contributed by atoms with Crippen LogP contribution in [0.3, 0.4) is 0 Å². The Hall–Kier alpha value is -2.29. The third kappa shape index (κ3) is 3.94. The van der Waals surface area contributed by atoms with Gasteiger partial charge in [0.05, 0.1) is 7.11 Å². The Kier molecular flexibility index (Phi) is 5.83. The summed E-state index contributed by atoms with van der Waals surface area (Å²) < 4.78 is 51.2. The summed E-state index contributed by atoms with van der Waals surface area (Å²) in [5.41, 5.74) is -3.12. The molecule has 3 rings (SSSR count). The van der Waals surface area contributed by atoms with Crippen LogP contribution in [0.2, 0.25) is 0 Å². The van der Waals surface area contributed by atoms with E-state index >= 15 is 0 Å². The van der Waals surface area contributed by atoms with Gasteiger partial charge in [-0.2, -0.15) is 23.3 Å². The molecule has 1 aliphatic carbocycles. The highest BCUT2D eigenvalue weighted by atomic mass is 19.4. The Bertz CT molecular complexity index is 747. The summed E-state index contributed by atoms with van der Waals surface area (Å²) in [5, 5.41) is 14.4. The maximum atomic E-state index is 13.6. The van der Waals surface area contributed by atoms with E-state index in [4.69, 9.17) is 9.47 Å². The van der Waals surface area contributed by atoms with Gasteiger partial charge < -0.3 is 14.6 Å². The predicted octanol–water partition coefficient (Wildman–Crippen LogP) is 3.49. The van der Waals surface area contributed by atoms with Gasteiger partial charge in [0.25, 0.3) is 11.6 Å². The van der Waals surface area contributed by atoms with E-state index in [1.54, 1.807) is 18.2 Å². The number of carbonyl (C=O) groups excluding carboxylic acids is 1. The summed E-state index contributed by atoms with van der Waals surface area (Å²) in [5.74, 6) is -0.661. The number of carbonyl (C=O) groups is 1. The van der Waals surface area contributed by atoms with Gasteiger partial charge >= 0.3 is 6.18 Å². The van der Waals surface area contributed by atoms with Crippen molar-refractivity contribution in [3.63, 3.8) is 0 Å². The van der Waals surface area contributed by atoms with E-state index in [2.05, 4.69) is 5.10 Å². The zero-order chi connectivity index (χ0) is 20.4. The van der Waals surface area contributed by atoms with Gasteiger partial charge in [0.15, 0.2) is 18.1 Å². The summed E-state index contributed by atoms with van der Waals surface area (Å²) in [7, 11) is 1.41. The lowest BCUT2D eigenvalue weighted by Crippen LogP contribution is -2.57. The molecule has 154 valence electrons. The number of rotatable bonds is 5. The lowest BCUT2D eigenvalue weighted by Gasteiger charge is -2.32. The van der Waals surface area contributed by atoms with Gasteiger partial charge in [-0.05, 0) is 30.9 Å². The predicted molar refractivity (Wildman–Crippen MR) is 95.0 cm³/mol. The highest BCUT2D eigenvalue weighted by molar-refractivity contribution is 5.92. The van der Waals surface area contributed by atoms with Crippen molar-refractivity contribution in [2.45, 2.75) is 50.4 Å². The van der Waals surface area contributed by atoms with Gasteiger partial charge in [0.2, 0.25) is 0 Å². The number of hydrogen-bond acceptors (Lipinski definition) is 5. The van der Waals surface area contributed by atoms with E-state index in [0.717, 1.165) is 19.3 Å². The zero-order valence-electron chi connectivity index (χ0n) is 15.5. The molecule has 0 spiro atoms. The SMILES string of the molecule is COc1ccccc1OCC(=O)N1N=C(C2CCCCC2)C[C@]1(O)C(F)(F)F. The van der Waals surface area contributed by atoms with Crippen LogP contribution in [0.4, 0.5) is 13.2 Å². The molecule has 0 bridgehead atoms. The molecule has 1 aromatic rings. The lowest BCUT2D eigenvalue weighted by molar-refractivity contribution is -0.302. The van der Waals surface area contributed by atoms with Crippen LogP contribution in [0.25, 0.3) is 0 Å². The second kappa shape index (κ2) is 7.98. The van der Waals surface area contributed by atoms with Gasteiger partial charge in [0.1, 0.15) is 0 Å². The number of methoxy groups -OCH3 is 1. The van der Waals surface area contributed by atoms with Crippen LogP contribution in [-0.4, -0.2) is 47.4 Å². The first-order chi connectivity index (χ1) is 13.3. The average molecular weight is 400 g/mol. The molecule has 28 heavy (non-hydrogen) atoms. The molecule has 1 atom stereocenters. The molecule has 1 saturated carbocycles. The van der Waals surface area contributed by atoms with E-state index in [-0.39, 0.29) is 22.4 Å². The molecular weight excluding hydrogens is 377 g/mol. The maximum Gasteiger partial charge on any atom is 0.438 e. The van der Waals surface area contributed by atoms with Crippen LogP contribution >= 0.6 is 0 Å². The fourth-order valence-electron chi connectivity index (χ4n) is 3.66. The van der Waals surface area contributed by atoms with Crippen LogP contribution in [0.5, 0.6) is 11.5 Å². The Labute approximate surface area is 160 Å². The first kappa shape index (κ1) is 20.4. The van der Waals surface area contributed by atoms with Crippen molar-refractivity contribution in [3.05, 3.63) is 24.3 Å². The molecule has 0 aromatic heterocycles. The quantitative estimate of drug-likeness (QED) is 0.821. The highest BCUT2D eigenvalue weighted by Crippen LogP contribution is 2.43. The second-order valence-electron chi connectivity index (χ2n) is 7.06. The molecule has 6 nitrogen and oxygen atoms in total. The molecule has 1 heterocycles. The zero-order valence-corrected chi connectivity index (χ0v) is 15.5. The third-order valence-electron chi connectivity index (χ3n) is 5.19. The Morgan fingerprint density at radius 2 is 1.89 bits per heavy atom. The molecule has 0 radical (unpaired) electrons. The number of nitrogens with zero attached hydrogens (tertiary/aromatic N) is 2. The van der Waals surface area contributed by atoms with Crippen LogP contribution in [-0.2, 0) is 4.79 Å². The first-order valence-electron chi connectivity index (χ1n) is 9.21. The Morgan fingerprint density at radius 3 is 2.50 bits per heavy atom. The van der Waals surface area contributed by atoms with Gasteiger partial charge in [-0.15, -0.1) is 0 Å². The molecule has 2 aliphatic rings. The summed E-state index contributed by atoms with van der Waals surface area (Å²) >= 11 is 0. The van der Waals surface area contributed by atoms with Crippen LogP contribution in [0, 0.1) is 5.92 Å². The molecular formula is C19H23F3N2O4. The van der Waals surface area contributed by atoms with E-state index < -0.39 is 30.8 Å². The number of aliphatic hydroxyl groups is 1. The fraction of sp³-hybridized carbons (Fsp3) is 0.579. The molecule has 9 heteroatoms. The summed E-state index contributed by atoms with van der Waals surface area (Å²) in [4.78, 5) is 12.5. The van der Waals surface area contributed by atoms with Gasteiger partial charge in [-0.25, -0.2) is 0 Å². The molecule has 1 aromatic carbocycles. The molecule has 1 fully saturated rings. The van der Waals surface area contributed by atoms with E-state index in [1.165, 1.54) is 13.2 Å². The van der Waals surface area contributed by atoms with Crippen molar-refractivity contribution in [1.29, 1.82) is 0 Å². The number of alkyl halides is 3. The Balaban J connectivity index is 1.78. The van der Waals surface area contributed by atoms with Gasteiger partial charge in [-0.3, -0.25) is 4.79 Å². The Morgan fingerprint density at radius 1 is 1.25 bits per heavy atom. The summed E-state index contributed by atoms with van der Waals surface area (Å²) in [6.45, 7) is -0.708. The van der Waals surface area contributed by atoms with Crippen LogP contribution in [0.15, 0.2) is 29.4 Å². The number of benzene rings is 1. The topological polar surface area (TPSA) is 71.4 Å². The second-order valence-corrected chi connectivity index (χ2v) is 7.06. The van der Waals surface area contributed by atoms with Crippen molar-refractivity contribution >= 4 is 11.6 Å². The minimum absolute atomic E-state index is 0.143. The molecule has 1 N–H and O–H groups in total. The van der Waals surface area contributed by atoms with Crippen LogP contribution < -0.4 is 9.47 Å². The lowest BCUT2D eigenvalue weighted by atomic mass is 9.83. The van der Waals surface area contributed by atoms with Crippen molar-refractivity contribution in [3.8, 4) is 11.5 Å². The smallest absolute Gasteiger partial charge is 0.438 e. The number of halogens is 3. The van der Waals surface area contributed by atoms with Crippen LogP contribution in [0.1, 0.15) is 38.5 Å². The average Bonchev–Trinajstić information content (AvgIpc) is 3.06. The van der Waals surface area contributed by atoms with Gasteiger partial charge in [0, 0.05) is 12.1 Å². The normalized spacial score (nSPS) is 23.5. The monoisotopic (exact) mass is 400 g/mol. The summed E-state index contributed by atoms with van der Waals surface area (Å²) in [6, 6.07) is 6.46. The molecule has 1 amide bonds. The van der Waals surface area contributed by atoms with Crippen molar-refractivity contribution in [2.24, 2.45) is 11.0 Å². The largest absolute Gasteiger partial charge is 0.493 e. The number of hydrogen-bond donors (Lipinski definition) is 1. The van der Waals surface area contributed by atoms with E-state index in [1.807, 2.05) is 0 Å². The van der Waals surface area contributed by atoms with Crippen molar-refractivity contribution in [1.82, 2.24) is 5.01 Å². The number of amides is 1. The van der Waals surface area contributed by atoms with Gasteiger partial charge in [-0.1, -0.05) is 31.4 Å². The minimum atomic E-state index is -5.03. The van der Waals surface area contributed by atoms with E-state index in [0.29, 0.717) is 18.6 Å². The van der Waals surface area contributed by atoms with E-state index in [9.17, 15) is 23.1 Å². The first-order valence-corrected chi connectivity index (χ1v) is 9.21. The maximum absolute atomic E-state index is 13.6. The number of para-hydroxylation sites is 2. The fourth-order valence-corrected chi connectivity index (χ4v) is 3.66. The summed E-state index contributed by atoms with van der Waals surface area (Å²) in [6.07, 6.45) is -1.49. The minimum Gasteiger partial charge on any atom is -0.493 e. The molecule has 1 aliphatic heterocycles. The molecule has 0 unspecified atom stereocenters. The van der Waals surface area contributed by atoms with Crippen molar-refractivity contribution < 1.29 is 32.5 Å².